The van der Waals surface area contributed by atoms with E-state index in [0.717, 1.165) is 4.88 Å². The van der Waals surface area contributed by atoms with E-state index in [1.165, 1.54) is 25.6 Å². The first-order valence-corrected chi connectivity index (χ1v) is 4.73. The Labute approximate surface area is 85.3 Å². The number of ether oxygens (including phenoxy) is 2. The van der Waals surface area contributed by atoms with Gasteiger partial charge in [0.15, 0.2) is 6.10 Å². The molecule has 0 saturated carbocycles. The predicted octanol–water partition coefficient (Wildman–Crippen LogP) is 0.228. The summed E-state index contributed by atoms with van der Waals surface area (Å²) in [5.41, 5.74) is 0. The maximum Gasteiger partial charge on any atom is 0.335 e. The molecule has 78 valence electrons. The molecule has 0 spiro atoms. The van der Waals surface area contributed by atoms with Crippen LogP contribution in [0.15, 0.2) is 6.20 Å². The molecule has 0 bridgehead atoms. The van der Waals surface area contributed by atoms with Gasteiger partial charge in [0.25, 0.3) is 5.19 Å². The number of rotatable bonds is 4. The summed E-state index contributed by atoms with van der Waals surface area (Å²) in [4.78, 5) is 15.6. The number of carbonyl (C=O) groups is 1. The number of carbonyl (C=O) groups excluding carboxylic acids is 1. The van der Waals surface area contributed by atoms with Gasteiger partial charge in [0.1, 0.15) is 0 Å². The van der Waals surface area contributed by atoms with Crippen molar-refractivity contribution < 1.29 is 19.4 Å². The summed E-state index contributed by atoms with van der Waals surface area (Å²) in [5.74, 6) is -0.641. The second kappa shape index (κ2) is 4.92. The lowest BCUT2D eigenvalue weighted by Crippen LogP contribution is -2.23. The first kappa shape index (κ1) is 10.9. The Kier molecular flexibility index (Phi) is 3.84. The van der Waals surface area contributed by atoms with Crippen LogP contribution in [0.5, 0.6) is 5.19 Å². The van der Waals surface area contributed by atoms with Crippen molar-refractivity contribution >= 4 is 17.3 Å². The third-order valence-corrected chi connectivity index (χ3v) is 2.56. The van der Waals surface area contributed by atoms with Crippen LogP contribution in [-0.2, 0) is 16.0 Å². The number of hydrogen-bond acceptors (Lipinski definition) is 6. The van der Waals surface area contributed by atoms with Gasteiger partial charge in [-0.25, -0.2) is 9.78 Å². The largest absolute Gasteiger partial charge is 0.473 e. The van der Waals surface area contributed by atoms with Crippen molar-refractivity contribution in [2.24, 2.45) is 0 Å². The lowest BCUT2D eigenvalue weighted by molar-refractivity contribution is -0.150. The third kappa shape index (κ3) is 2.68. The zero-order valence-electron chi connectivity index (χ0n) is 7.89. The van der Waals surface area contributed by atoms with Crippen LogP contribution in [0.25, 0.3) is 0 Å². The fraction of sp³-hybridized carbons (Fsp3) is 0.500. The molecule has 1 atom stereocenters. The third-order valence-electron chi connectivity index (χ3n) is 1.57. The first-order chi connectivity index (χ1) is 6.67. The van der Waals surface area contributed by atoms with Gasteiger partial charge in [0, 0.05) is 17.5 Å². The molecule has 0 fully saturated rings. The summed E-state index contributed by atoms with van der Waals surface area (Å²) in [6, 6.07) is 0. The minimum atomic E-state index is -1.13. The number of thiazole rings is 1. The van der Waals surface area contributed by atoms with Gasteiger partial charge in [0.2, 0.25) is 0 Å². The van der Waals surface area contributed by atoms with Crippen LogP contribution in [0, 0.1) is 0 Å². The Balaban J connectivity index is 2.55. The molecule has 1 aromatic heterocycles. The molecular formula is C8H11NO4S. The zero-order valence-corrected chi connectivity index (χ0v) is 8.71. The van der Waals surface area contributed by atoms with Crippen molar-refractivity contribution in [3.63, 3.8) is 0 Å². The summed E-state index contributed by atoms with van der Waals surface area (Å²) < 4.78 is 9.25. The molecule has 5 nitrogen and oxygen atoms in total. The highest BCUT2D eigenvalue weighted by Crippen LogP contribution is 2.21. The van der Waals surface area contributed by atoms with E-state index in [-0.39, 0.29) is 6.42 Å². The molecule has 6 heteroatoms. The number of hydrogen-bond donors (Lipinski definition) is 1. The summed E-state index contributed by atoms with van der Waals surface area (Å²) in [7, 11) is 2.75. The van der Waals surface area contributed by atoms with E-state index < -0.39 is 12.1 Å². The second-order valence-corrected chi connectivity index (χ2v) is 3.62. The molecule has 1 unspecified atom stereocenters. The molecule has 1 aromatic rings. The van der Waals surface area contributed by atoms with Crippen molar-refractivity contribution in [1.82, 2.24) is 4.98 Å². The molecule has 0 aliphatic rings. The average molecular weight is 217 g/mol. The highest BCUT2D eigenvalue weighted by molar-refractivity contribution is 7.13. The fourth-order valence-corrected chi connectivity index (χ4v) is 1.65. The van der Waals surface area contributed by atoms with Gasteiger partial charge in [-0.05, 0) is 0 Å². The summed E-state index contributed by atoms with van der Waals surface area (Å²) >= 11 is 1.29. The first-order valence-electron chi connectivity index (χ1n) is 3.92. The van der Waals surface area contributed by atoms with Gasteiger partial charge in [-0.3, -0.25) is 0 Å². The molecule has 0 radical (unpaired) electrons. The Hall–Kier alpha value is -1.14. The SMILES string of the molecule is COC(=O)C(O)Cc1cnc(OC)s1. The monoisotopic (exact) mass is 217 g/mol. The van der Waals surface area contributed by atoms with E-state index in [9.17, 15) is 9.90 Å². The van der Waals surface area contributed by atoms with Gasteiger partial charge in [-0.15, -0.1) is 0 Å². The molecule has 1 heterocycles. The molecule has 0 aliphatic heterocycles. The van der Waals surface area contributed by atoms with Crippen molar-refractivity contribution in [2.75, 3.05) is 14.2 Å². The molecule has 0 amide bonds. The molecule has 0 aromatic carbocycles. The quantitative estimate of drug-likeness (QED) is 0.731. The van der Waals surface area contributed by atoms with E-state index in [2.05, 4.69) is 9.72 Å². The number of esters is 1. The standard InChI is InChI=1S/C8H11NO4S/c1-12-7(11)6(10)3-5-4-9-8(13-2)14-5/h4,6,10H,3H2,1-2H3. The van der Waals surface area contributed by atoms with E-state index in [1.54, 1.807) is 6.20 Å². The average Bonchev–Trinajstić information content (AvgIpc) is 2.64. The van der Waals surface area contributed by atoms with Crippen LogP contribution < -0.4 is 4.74 Å². The van der Waals surface area contributed by atoms with Crippen LogP contribution in [0.1, 0.15) is 4.88 Å². The number of methoxy groups -OCH3 is 2. The van der Waals surface area contributed by atoms with Gasteiger partial charge < -0.3 is 14.6 Å². The maximum absolute atomic E-state index is 10.9. The fourth-order valence-electron chi connectivity index (χ4n) is 0.888. The molecule has 14 heavy (non-hydrogen) atoms. The Morgan fingerprint density at radius 3 is 2.93 bits per heavy atom. The van der Waals surface area contributed by atoms with E-state index in [4.69, 9.17) is 4.74 Å². The van der Waals surface area contributed by atoms with Crippen LogP contribution in [0.2, 0.25) is 0 Å². The summed E-state index contributed by atoms with van der Waals surface area (Å²) in [6.45, 7) is 0. The van der Waals surface area contributed by atoms with Crippen LogP contribution >= 0.6 is 11.3 Å². The number of nitrogens with zero attached hydrogens (tertiary/aromatic N) is 1. The molecular weight excluding hydrogens is 206 g/mol. The second-order valence-electron chi connectivity index (χ2n) is 2.54. The van der Waals surface area contributed by atoms with Crippen molar-refractivity contribution in [1.29, 1.82) is 0 Å². The van der Waals surface area contributed by atoms with E-state index in [1.807, 2.05) is 0 Å². The maximum atomic E-state index is 10.9. The van der Waals surface area contributed by atoms with Crippen LogP contribution in [0.3, 0.4) is 0 Å². The number of aliphatic hydroxyl groups is 1. The Morgan fingerprint density at radius 2 is 2.43 bits per heavy atom. The highest BCUT2D eigenvalue weighted by atomic mass is 32.1. The zero-order chi connectivity index (χ0) is 10.6. The van der Waals surface area contributed by atoms with Crippen molar-refractivity contribution in [2.45, 2.75) is 12.5 Å². The minimum absolute atomic E-state index is 0.202. The molecule has 0 saturated heterocycles. The van der Waals surface area contributed by atoms with Crippen LogP contribution in [-0.4, -0.2) is 36.4 Å². The highest BCUT2D eigenvalue weighted by Gasteiger charge is 2.17. The number of aliphatic hydroxyl groups excluding tert-OH is 1. The topological polar surface area (TPSA) is 68.7 Å². The predicted molar refractivity (Wildman–Crippen MR) is 50.4 cm³/mol. The van der Waals surface area contributed by atoms with Crippen molar-refractivity contribution in [3.05, 3.63) is 11.1 Å². The lowest BCUT2D eigenvalue weighted by atomic mass is 10.2. The Morgan fingerprint density at radius 1 is 1.71 bits per heavy atom. The molecule has 0 aliphatic carbocycles. The van der Waals surface area contributed by atoms with Gasteiger partial charge in [-0.1, -0.05) is 11.3 Å². The Bertz CT molecular complexity index is 312. The van der Waals surface area contributed by atoms with E-state index in [0.29, 0.717) is 5.19 Å². The normalized spacial score (nSPS) is 12.2. The van der Waals surface area contributed by atoms with Crippen LogP contribution in [0.4, 0.5) is 0 Å². The lowest BCUT2D eigenvalue weighted by Gasteiger charge is -2.04. The van der Waals surface area contributed by atoms with Gasteiger partial charge >= 0.3 is 5.97 Å². The van der Waals surface area contributed by atoms with E-state index >= 15 is 0 Å². The molecule has 1 N–H and O–H groups in total. The molecule has 1 rings (SSSR count). The smallest absolute Gasteiger partial charge is 0.335 e. The minimum Gasteiger partial charge on any atom is -0.473 e. The summed E-state index contributed by atoms with van der Waals surface area (Å²) in [5, 5.41) is 9.83. The van der Waals surface area contributed by atoms with Gasteiger partial charge in [-0.2, -0.15) is 0 Å². The van der Waals surface area contributed by atoms with Gasteiger partial charge in [0.05, 0.1) is 14.2 Å². The number of aromatic nitrogens is 1. The summed E-state index contributed by atoms with van der Waals surface area (Å²) in [6.07, 6.45) is 0.633. The van der Waals surface area contributed by atoms with Crippen molar-refractivity contribution in [3.8, 4) is 5.19 Å².